The van der Waals surface area contributed by atoms with E-state index in [4.69, 9.17) is 0 Å². The number of carbonyl (C=O) groups is 1. The molecule has 152 valence electrons. The molecule has 2 aromatic heterocycles. The predicted octanol–water partition coefficient (Wildman–Crippen LogP) is 4.80. The molecule has 31 heavy (non-hydrogen) atoms. The molecule has 0 spiro atoms. The number of amides is 2. The Morgan fingerprint density at radius 1 is 0.871 bits per heavy atom. The third kappa shape index (κ3) is 3.84. The van der Waals surface area contributed by atoms with Crippen molar-refractivity contribution in [1.82, 2.24) is 25.6 Å². The summed E-state index contributed by atoms with van der Waals surface area (Å²) in [5.41, 5.74) is 5.27. The van der Waals surface area contributed by atoms with Crippen LogP contribution in [0.25, 0.3) is 33.4 Å². The van der Waals surface area contributed by atoms with E-state index in [9.17, 15) is 9.18 Å². The van der Waals surface area contributed by atoms with Crippen LogP contribution in [0.5, 0.6) is 0 Å². The molecule has 0 aliphatic rings. The molecule has 0 aliphatic carbocycles. The average Bonchev–Trinajstić information content (AvgIpc) is 3.43. The third-order valence-electron chi connectivity index (χ3n) is 4.78. The van der Waals surface area contributed by atoms with E-state index in [-0.39, 0.29) is 0 Å². The van der Waals surface area contributed by atoms with Crippen LogP contribution in [-0.4, -0.2) is 31.6 Å². The van der Waals surface area contributed by atoms with Gasteiger partial charge in [0.15, 0.2) is 0 Å². The second-order valence-electron chi connectivity index (χ2n) is 6.85. The Labute approximate surface area is 175 Å². The number of aromatic amines is 2. The fourth-order valence-electron chi connectivity index (χ4n) is 3.32. The molecule has 0 aliphatic heterocycles. The van der Waals surface area contributed by atoms with Crippen molar-refractivity contribution < 1.29 is 9.18 Å². The highest BCUT2D eigenvalue weighted by Gasteiger charge is 2.11. The quantitative estimate of drug-likeness (QED) is 0.339. The molecule has 2 amide bonds. The summed E-state index contributed by atoms with van der Waals surface area (Å²) < 4.78 is 13.2. The van der Waals surface area contributed by atoms with Crippen molar-refractivity contribution in [3.63, 3.8) is 0 Å². The number of nitrogens with one attached hydrogen (secondary N) is 4. The van der Waals surface area contributed by atoms with E-state index >= 15 is 0 Å². The number of carbonyl (C=O) groups excluding carboxylic acids is 1. The Morgan fingerprint density at radius 2 is 1.68 bits per heavy atom. The van der Waals surface area contributed by atoms with Crippen LogP contribution < -0.4 is 10.6 Å². The lowest BCUT2D eigenvalue weighted by Crippen LogP contribution is -2.19. The van der Waals surface area contributed by atoms with Crippen molar-refractivity contribution in [2.45, 2.75) is 0 Å². The van der Waals surface area contributed by atoms with Crippen molar-refractivity contribution in [2.24, 2.45) is 0 Å². The molecular formula is C22H16FN7O. The van der Waals surface area contributed by atoms with E-state index in [1.54, 1.807) is 24.4 Å². The number of nitrogens with zero attached hydrogens (tertiary/aromatic N) is 3. The van der Waals surface area contributed by atoms with Gasteiger partial charge in [-0.25, -0.2) is 9.18 Å². The zero-order valence-corrected chi connectivity index (χ0v) is 16.1. The van der Waals surface area contributed by atoms with Crippen molar-refractivity contribution in [1.29, 1.82) is 0 Å². The summed E-state index contributed by atoms with van der Waals surface area (Å²) in [6, 6.07) is 18.7. The van der Waals surface area contributed by atoms with Gasteiger partial charge in [0.25, 0.3) is 0 Å². The lowest BCUT2D eigenvalue weighted by atomic mass is 10.0. The van der Waals surface area contributed by atoms with Crippen molar-refractivity contribution >= 4 is 28.3 Å². The number of urea groups is 1. The molecule has 0 unspecified atom stereocenters. The number of halogens is 1. The van der Waals surface area contributed by atoms with Crippen molar-refractivity contribution in [3.05, 3.63) is 78.7 Å². The topological polar surface area (TPSA) is 111 Å². The first-order valence-corrected chi connectivity index (χ1v) is 9.44. The maximum absolute atomic E-state index is 13.2. The third-order valence-corrected chi connectivity index (χ3v) is 4.78. The summed E-state index contributed by atoms with van der Waals surface area (Å²) in [5, 5.41) is 24.1. The van der Waals surface area contributed by atoms with Gasteiger partial charge in [-0.1, -0.05) is 24.3 Å². The van der Waals surface area contributed by atoms with Gasteiger partial charge < -0.3 is 10.6 Å². The lowest BCUT2D eigenvalue weighted by molar-refractivity contribution is 0.262. The molecule has 8 nitrogen and oxygen atoms in total. The van der Waals surface area contributed by atoms with E-state index in [0.29, 0.717) is 17.1 Å². The minimum absolute atomic E-state index is 0.381. The molecule has 2 heterocycles. The summed E-state index contributed by atoms with van der Waals surface area (Å²) in [5.74, 6) is -0.412. The minimum atomic E-state index is -0.447. The first-order chi connectivity index (χ1) is 15.2. The minimum Gasteiger partial charge on any atom is -0.308 e. The number of benzene rings is 3. The van der Waals surface area contributed by atoms with E-state index in [0.717, 1.165) is 27.7 Å². The fraction of sp³-hybridized carbons (Fsp3) is 0. The van der Waals surface area contributed by atoms with Crippen LogP contribution in [0.1, 0.15) is 0 Å². The monoisotopic (exact) mass is 413 g/mol. The van der Waals surface area contributed by atoms with Crippen LogP contribution in [0, 0.1) is 5.82 Å². The van der Waals surface area contributed by atoms with Gasteiger partial charge in [0.2, 0.25) is 0 Å². The predicted molar refractivity (Wildman–Crippen MR) is 116 cm³/mol. The van der Waals surface area contributed by atoms with E-state index in [1.165, 1.54) is 18.2 Å². The maximum atomic E-state index is 13.2. The van der Waals surface area contributed by atoms with Gasteiger partial charge in [0.1, 0.15) is 17.2 Å². The largest absolute Gasteiger partial charge is 0.323 e. The molecule has 0 atom stereocenters. The highest BCUT2D eigenvalue weighted by atomic mass is 19.1. The number of H-pyrrole nitrogens is 2. The van der Waals surface area contributed by atoms with Crippen LogP contribution in [-0.2, 0) is 0 Å². The SMILES string of the molecule is O=C(Nc1ccc(-c2ccc3c(-c4cn[nH]n4)n[nH]c3c2)cc1)Nc1cccc(F)c1. The molecule has 4 N–H and O–H groups in total. The molecule has 3 aromatic carbocycles. The van der Waals surface area contributed by atoms with E-state index in [1.807, 2.05) is 30.3 Å². The van der Waals surface area contributed by atoms with Gasteiger partial charge >= 0.3 is 6.03 Å². The van der Waals surface area contributed by atoms with Crippen LogP contribution in [0.4, 0.5) is 20.6 Å². The van der Waals surface area contributed by atoms with Gasteiger partial charge in [-0.05, 0) is 53.6 Å². The smallest absolute Gasteiger partial charge is 0.308 e. The van der Waals surface area contributed by atoms with Crippen LogP contribution >= 0.6 is 0 Å². The number of hydrogen-bond acceptors (Lipinski definition) is 4. The highest BCUT2D eigenvalue weighted by Crippen LogP contribution is 2.29. The molecule has 0 fully saturated rings. The van der Waals surface area contributed by atoms with Gasteiger partial charge in [-0.3, -0.25) is 5.10 Å². The molecule has 0 saturated carbocycles. The molecule has 0 bridgehead atoms. The summed E-state index contributed by atoms with van der Waals surface area (Å²) in [6.07, 6.45) is 1.62. The number of hydrogen-bond donors (Lipinski definition) is 4. The number of rotatable bonds is 4. The summed E-state index contributed by atoms with van der Waals surface area (Å²) in [6.45, 7) is 0. The lowest BCUT2D eigenvalue weighted by Gasteiger charge is -2.09. The average molecular weight is 413 g/mol. The zero-order valence-electron chi connectivity index (χ0n) is 16.1. The first-order valence-electron chi connectivity index (χ1n) is 9.44. The Balaban J connectivity index is 1.31. The Morgan fingerprint density at radius 3 is 2.45 bits per heavy atom. The van der Waals surface area contributed by atoms with Gasteiger partial charge in [-0.15, -0.1) is 0 Å². The summed E-state index contributed by atoms with van der Waals surface area (Å²) in [4.78, 5) is 12.1. The number of aromatic nitrogens is 5. The van der Waals surface area contributed by atoms with E-state index in [2.05, 4.69) is 36.2 Å². The second-order valence-corrected chi connectivity index (χ2v) is 6.85. The van der Waals surface area contributed by atoms with Crippen LogP contribution in [0.15, 0.2) is 72.9 Å². The zero-order chi connectivity index (χ0) is 21.2. The van der Waals surface area contributed by atoms with Crippen LogP contribution in [0.3, 0.4) is 0 Å². The second kappa shape index (κ2) is 7.71. The molecule has 0 radical (unpaired) electrons. The number of fused-ring (bicyclic) bond motifs is 1. The highest BCUT2D eigenvalue weighted by molar-refractivity contribution is 6.00. The number of anilines is 2. The normalized spacial score (nSPS) is 10.9. The van der Waals surface area contributed by atoms with Crippen LogP contribution in [0.2, 0.25) is 0 Å². The van der Waals surface area contributed by atoms with Gasteiger partial charge in [-0.2, -0.15) is 20.5 Å². The molecule has 5 rings (SSSR count). The first kappa shape index (κ1) is 18.5. The maximum Gasteiger partial charge on any atom is 0.323 e. The summed E-state index contributed by atoms with van der Waals surface area (Å²) >= 11 is 0. The van der Waals surface area contributed by atoms with Crippen molar-refractivity contribution in [2.75, 3.05) is 10.6 Å². The Kier molecular flexibility index (Phi) is 4.60. The fourth-order valence-corrected chi connectivity index (χ4v) is 3.32. The molecule has 9 heteroatoms. The molecule has 0 saturated heterocycles. The Bertz CT molecular complexity index is 1360. The summed E-state index contributed by atoms with van der Waals surface area (Å²) in [7, 11) is 0. The van der Waals surface area contributed by atoms with Gasteiger partial charge in [0.05, 0.1) is 11.7 Å². The van der Waals surface area contributed by atoms with Crippen molar-refractivity contribution in [3.8, 4) is 22.5 Å². The Hall–Kier alpha value is -4.53. The van der Waals surface area contributed by atoms with Gasteiger partial charge in [0, 0.05) is 16.8 Å². The standard InChI is InChI=1S/C22H16FN7O/c23-15-2-1-3-17(11-15)26-22(31)25-16-7-4-13(5-8-16)14-6-9-18-19(10-14)27-29-21(18)20-12-24-30-28-20/h1-12H,(H,27,29)(H,24,28,30)(H2,25,26,31). The van der Waals surface area contributed by atoms with E-state index < -0.39 is 11.8 Å². The molecule has 5 aromatic rings. The molecular weight excluding hydrogens is 397 g/mol.